The molecule has 0 spiro atoms. The van der Waals surface area contributed by atoms with E-state index in [1.807, 2.05) is 24.3 Å². The van der Waals surface area contributed by atoms with E-state index in [0.717, 1.165) is 36.8 Å². The molecular weight excluding hydrogens is 442 g/mol. The summed E-state index contributed by atoms with van der Waals surface area (Å²) in [5.74, 6) is 0.0269. The fraction of sp³-hybridized carbons (Fsp3) is 0.300. The Kier molecular flexibility index (Phi) is 6.31. The van der Waals surface area contributed by atoms with Gasteiger partial charge in [-0.15, -0.1) is 16.4 Å². The number of aryl methyl sites for hydroxylation is 1. The van der Waals surface area contributed by atoms with Gasteiger partial charge in [0.05, 0.1) is 19.2 Å². The Morgan fingerprint density at radius 2 is 2.17 bits per heavy atom. The highest BCUT2D eigenvalue weighted by atomic mass is 35.5. The maximum Gasteiger partial charge on any atom is 0.341 e. The number of benzene rings is 1. The van der Waals surface area contributed by atoms with Gasteiger partial charge in [-0.3, -0.25) is 5.32 Å². The minimum Gasteiger partial charge on any atom is -0.465 e. The number of nitrogens with zero attached hydrogens (tertiary/aromatic N) is 3. The molecule has 0 atom stereocenters. The summed E-state index contributed by atoms with van der Waals surface area (Å²) in [6, 6.07) is 7.58. The van der Waals surface area contributed by atoms with Crippen molar-refractivity contribution in [2.45, 2.75) is 32.2 Å². The number of carbonyl (C=O) groups excluding carboxylic acids is 1. The maximum atomic E-state index is 12.4. The van der Waals surface area contributed by atoms with Crippen LogP contribution in [0.1, 0.15) is 39.2 Å². The molecule has 0 saturated carbocycles. The van der Waals surface area contributed by atoms with E-state index in [1.165, 1.54) is 12.0 Å². The molecule has 2 N–H and O–H groups in total. The molecular formula is C20H20ClN5O2S2. The van der Waals surface area contributed by atoms with Gasteiger partial charge in [0.25, 0.3) is 0 Å². The Morgan fingerprint density at radius 1 is 1.33 bits per heavy atom. The molecule has 7 nitrogen and oxygen atoms in total. The number of hydrogen-bond donors (Lipinski definition) is 2. The van der Waals surface area contributed by atoms with Crippen molar-refractivity contribution in [3.63, 3.8) is 0 Å². The third-order valence-corrected chi connectivity index (χ3v) is 6.43. The molecule has 0 unspecified atom stereocenters. The molecule has 1 aromatic carbocycles. The summed E-state index contributed by atoms with van der Waals surface area (Å²) in [6.45, 7) is 0.541. The van der Waals surface area contributed by atoms with Gasteiger partial charge in [0.2, 0.25) is 5.95 Å². The maximum absolute atomic E-state index is 12.4. The van der Waals surface area contributed by atoms with Crippen molar-refractivity contribution in [2.75, 3.05) is 17.7 Å². The summed E-state index contributed by atoms with van der Waals surface area (Å²) in [4.78, 5) is 17.8. The Morgan fingerprint density at radius 3 is 2.97 bits per heavy atom. The minimum atomic E-state index is -0.344. The van der Waals surface area contributed by atoms with Crippen molar-refractivity contribution in [3.05, 3.63) is 57.2 Å². The van der Waals surface area contributed by atoms with Crippen molar-refractivity contribution in [1.82, 2.24) is 14.8 Å². The highest BCUT2D eigenvalue weighted by Gasteiger charge is 2.26. The SMILES string of the molecule is COC(=O)c1c(NC(=S)Nc2ncn(Cc3cccc(Cl)c3)n2)sc2c1CCCC2. The topological polar surface area (TPSA) is 81.1 Å². The molecule has 3 aromatic rings. The van der Waals surface area contributed by atoms with Gasteiger partial charge in [0.1, 0.15) is 11.3 Å². The van der Waals surface area contributed by atoms with E-state index in [0.29, 0.717) is 33.2 Å². The Bertz CT molecular complexity index is 1090. The van der Waals surface area contributed by atoms with Crippen LogP contribution in [0.2, 0.25) is 5.02 Å². The number of esters is 1. The summed E-state index contributed by atoms with van der Waals surface area (Å²) in [5, 5.41) is 12.2. The normalized spacial score (nSPS) is 12.9. The van der Waals surface area contributed by atoms with Crippen LogP contribution in [0.4, 0.5) is 10.9 Å². The number of nitrogens with one attached hydrogen (secondary N) is 2. The average Bonchev–Trinajstić information content (AvgIpc) is 3.31. The molecule has 0 bridgehead atoms. The molecule has 1 aliphatic carbocycles. The van der Waals surface area contributed by atoms with Crippen LogP contribution < -0.4 is 10.6 Å². The van der Waals surface area contributed by atoms with E-state index in [2.05, 4.69) is 20.7 Å². The van der Waals surface area contributed by atoms with Crippen molar-refractivity contribution >= 4 is 57.2 Å². The van der Waals surface area contributed by atoms with Crippen molar-refractivity contribution < 1.29 is 9.53 Å². The van der Waals surface area contributed by atoms with Gasteiger partial charge in [-0.05, 0) is 61.2 Å². The van der Waals surface area contributed by atoms with E-state index in [-0.39, 0.29) is 5.97 Å². The van der Waals surface area contributed by atoms with Crippen LogP contribution in [0.5, 0.6) is 0 Å². The summed E-state index contributed by atoms with van der Waals surface area (Å²) < 4.78 is 6.69. The molecule has 0 radical (unpaired) electrons. The fourth-order valence-corrected chi connectivity index (χ4v) is 5.21. The number of anilines is 2. The Labute approximate surface area is 188 Å². The summed E-state index contributed by atoms with van der Waals surface area (Å²) in [5.41, 5.74) is 2.68. The van der Waals surface area contributed by atoms with Crippen molar-refractivity contribution in [3.8, 4) is 0 Å². The molecule has 30 heavy (non-hydrogen) atoms. The standard InChI is InChI=1S/C20H20ClN5O2S2/c1-28-18(27)16-14-7-2-3-8-15(14)30-17(16)23-20(29)24-19-22-11-26(25-19)10-12-5-4-6-13(21)9-12/h4-6,9,11H,2-3,7-8,10H2,1H3,(H2,23,24,25,29). The number of thiophene rings is 1. The third kappa shape index (κ3) is 4.63. The predicted molar refractivity (Wildman–Crippen MR) is 123 cm³/mol. The quantitative estimate of drug-likeness (QED) is 0.427. The second-order valence-electron chi connectivity index (χ2n) is 6.88. The first-order valence-corrected chi connectivity index (χ1v) is 11.1. The van der Waals surface area contributed by atoms with Crippen LogP contribution in [0.15, 0.2) is 30.6 Å². The van der Waals surface area contributed by atoms with Crippen LogP contribution in [-0.2, 0) is 24.1 Å². The van der Waals surface area contributed by atoms with Gasteiger partial charge in [-0.1, -0.05) is 23.7 Å². The van der Waals surface area contributed by atoms with Crippen LogP contribution >= 0.6 is 35.2 Å². The first kappa shape index (κ1) is 20.8. The van der Waals surface area contributed by atoms with Gasteiger partial charge >= 0.3 is 5.97 Å². The third-order valence-electron chi connectivity index (χ3n) is 4.78. The number of halogens is 1. The van der Waals surface area contributed by atoms with E-state index in [4.69, 9.17) is 28.6 Å². The van der Waals surface area contributed by atoms with Crippen LogP contribution in [-0.4, -0.2) is 33.0 Å². The molecule has 0 aliphatic heterocycles. The van der Waals surface area contributed by atoms with Gasteiger partial charge < -0.3 is 10.1 Å². The lowest BCUT2D eigenvalue weighted by Crippen LogP contribution is -2.21. The van der Waals surface area contributed by atoms with E-state index < -0.39 is 0 Å². The summed E-state index contributed by atoms with van der Waals surface area (Å²) >= 11 is 13.0. The number of ether oxygens (including phenoxy) is 1. The number of thiocarbonyl (C=S) groups is 1. The molecule has 1 aliphatic rings. The van der Waals surface area contributed by atoms with E-state index in [9.17, 15) is 4.79 Å². The van der Waals surface area contributed by atoms with Gasteiger partial charge in [-0.25, -0.2) is 14.5 Å². The van der Waals surface area contributed by atoms with Gasteiger partial charge in [0.15, 0.2) is 5.11 Å². The molecule has 4 rings (SSSR count). The lowest BCUT2D eigenvalue weighted by atomic mass is 9.95. The predicted octanol–water partition coefficient (Wildman–Crippen LogP) is 4.52. The second-order valence-corrected chi connectivity index (χ2v) is 8.83. The molecule has 2 aromatic heterocycles. The molecule has 10 heteroatoms. The van der Waals surface area contributed by atoms with Crippen LogP contribution in [0.25, 0.3) is 0 Å². The number of fused-ring (bicyclic) bond motifs is 1. The zero-order valence-electron chi connectivity index (χ0n) is 16.3. The molecule has 2 heterocycles. The average molecular weight is 462 g/mol. The number of aromatic nitrogens is 3. The summed E-state index contributed by atoms with van der Waals surface area (Å²) in [6.07, 6.45) is 5.68. The van der Waals surface area contributed by atoms with Crippen LogP contribution in [0.3, 0.4) is 0 Å². The van der Waals surface area contributed by atoms with E-state index >= 15 is 0 Å². The Hall–Kier alpha value is -2.49. The zero-order valence-corrected chi connectivity index (χ0v) is 18.7. The zero-order chi connectivity index (χ0) is 21.1. The first-order valence-electron chi connectivity index (χ1n) is 9.48. The smallest absolute Gasteiger partial charge is 0.341 e. The van der Waals surface area contributed by atoms with Gasteiger partial charge in [0, 0.05) is 9.90 Å². The van der Waals surface area contributed by atoms with Gasteiger partial charge in [-0.2, -0.15) is 0 Å². The number of hydrogen-bond acceptors (Lipinski definition) is 6. The second kappa shape index (κ2) is 9.11. The highest BCUT2D eigenvalue weighted by molar-refractivity contribution is 7.80. The molecule has 156 valence electrons. The lowest BCUT2D eigenvalue weighted by Gasteiger charge is -2.12. The molecule has 0 amide bonds. The summed E-state index contributed by atoms with van der Waals surface area (Å²) in [7, 11) is 1.39. The fourth-order valence-electron chi connectivity index (χ4n) is 3.46. The number of rotatable bonds is 5. The number of carbonyl (C=O) groups is 1. The van der Waals surface area contributed by atoms with Crippen molar-refractivity contribution in [2.24, 2.45) is 0 Å². The lowest BCUT2D eigenvalue weighted by molar-refractivity contribution is 0.0601. The molecule has 0 fully saturated rings. The Balaban J connectivity index is 1.45. The highest BCUT2D eigenvalue weighted by Crippen LogP contribution is 2.38. The first-order chi connectivity index (χ1) is 14.5. The van der Waals surface area contributed by atoms with Crippen LogP contribution in [0, 0.1) is 0 Å². The largest absolute Gasteiger partial charge is 0.465 e. The minimum absolute atomic E-state index is 0.319. The van der Waals surface area contributed by atoms with Crippen molar-refractivity contribution in [1.29, 1.82) is 0 Å². The molecule has 0 saturated heterocycles. The number of methoxy groups -OCH3 is 1. The monoisotopic (exact) mass is 461 g/mol. The van der Waals surface area contributed by atoms with E-state index in [1.54, 1.807) is 22.3 Å².